The fraction of sp³-hybridized carbons (Fsp3) is 0.600. The molecule has 0 aliphatic carbocycles. The molecule has 0 aromatic carbocycles. The van der Waals surface area contributed by atoms with E-state index in [-0.39, 0.29) is 11.8 Å². The summed E-state index contributed by atoms with van der Waals surface area (Å²) in [4.78, 5) is 18.6. The van der Waals surface area contributed by atoms with Gasteiger partial charge in [-0.25, -0.2) is 0 Å². The number of unbranched alkanes of at least 4 members (excludes halogenated alkanes) is 1. The molecule has 104 valence electrons. The van der Waals surface area contributed by atoms with Crippen LogP contribution in [0.5, 0.6) is 0 Å². The highest BCUT2D eigenvalue weighted by molar-refractivity contribution is 5.92. The number of nitrogens with one attached hydrogen (secondary N) is 1. The van der Waals surface area contributed by atoms with Crippen LogP contribution in [0.1, 0.15) is 32.6 Å². The molecule has 0 saturated carbocycles. The van der Waals surface area contributed by atoms with Crippen molar-refractivity contribution < 1.29 is 4.79 Å². The molecule has 0 bridgehead atoms. The predicted octanol–water partition coefficient (Wildman–Crippen LogP) is 2.53. The van der Waals surface area contributed by atoms with Gasteiger partial charge in [0, 0.05) is 24.0 Å². The summed E-state index contributed by atoms with van der Waals surface area (Å²) in [5.74, 6) is 0.312. The first-order valence-corrected chi connectivity index (χ1v) is 7.23. The monoisotopic (exact) mass is 261 g/mol. The Kier molecular flexibility index (Phi) is 5.33. The van der Waals surface area contributed by atoms with Crippen molar-refractivity contribution in [1.82, 2.24) is 9.88 Å². The molecule has 1 aromatic heterocycles. The first kappa shape index (κ1) is 14.0. The van der Waals surface area contributed by atoms with E-state index >= 15 is 0 Å². The molecule has 1 aliphatic heterocycles. The summed E-state index contributed by atoms with van der Waals surface area (Å²) in [5.41, 5.74) is 0.841. The van der Waals surface area contributed by atoms with Crippen LogP contribution in [0.4, 0.5) is 5.69 Å². The molecule has 4 nitrogen and oxygen atoms in total. The van der Waals surface area contributed by atoms with Gasteiger partial charge in [0.1, 0.15) is 0 Å². The summed E-state index contributed by atoms with van der Waals surface area (Å²) in [5, 5.41) is 2.97. The molecule has 19 heavy (non-hydrogen) atoms. The second-order valence-corrected chi connectivity index (χ2v) is 5.19. The maximum absolute atomic E-state index is 12.1. The number of carbonyl (C=O) groups is 1. The molecular formula is C15H23N3O. The summed E-state index contributed by atoms with van der Waals surface area (Å²) >= 11 is 0. The van der Waals surface area contributed by atoms with E-state index in [0.717, 1.165) is 31.6 Å². The topological polar surface area (TPSA) is 45.2 Å². The van der Waals surface area contributed by atoms with Crippen molar-refractivity contribution >= 4 is 11.6 Å². The average molecular weight is 261 g/mol. The van der Waals surface area contributed by atoms with Crippen molar-refractivity contribution in [2.24, 2.45) is 5.92 Å². The molecule has 1 aliphatic rings. The molecule has 4 heteroatoms. The number of hydrogen-bond donors (Lipinski definition) is 1. The third-order valence-electron chi connectivity index (χ3n) is 3.73. The Morgan fingerprint density at radius 2 is 2.05 bits per heavy atom. The lowest BCUT2D eigenvalue weighted by Gasteiger charge is -2.31. The summed E-state index contributed by atoms with van der Waals surface area (Å²) in [7, 11) is 0. The molecule has 1 saturated heterocycles. The molecule has 1 N–H and O–H groups in total. The predicted molar refractivity (Wildman–Crippen MR) is 76.9 cm³/mol. The maximum atomic E-state index is 12.1. The average Bonchev–Trinajstić information content (AvgIpc) is 2.46. The molecule has 0 radical (unpaired) electrons. The van der Waals surface area contributed by atoms with Gasteiger partial charge in [-0.1, -0.05) is 13.3 Å². The van der Waals surface area contributed by atoms with Crippen molar-refractivity contribution in [3.63, 3.8) is 0 Å². The van der Waals surface area contributed by atoms with E-state index in [2.05, 4.69) is 22.1 Å². The number of aromatic nitrogens is 1. The molecular weight excluding hydrogens is 238 g/mol. The second kappa shape index (κ2) is 7.24. The first-order chi connectivity index (χ1) is 9.29. The molecule has 0 unspecified atom stereocenters. The summed E-state index contributed by atoms with van der Waals surface area (Å²) < 4.78 is 0. The Balaban J connectivity index is 1.76. The summed E-state index contributed by atoms with van der Waals surface area (Å²) in [6, 6.07) is 3.66. The van der Waals surface area contributed by atoms with Gasteiger partial charge in [0.05, 0.1) is 0 Å². The minimum atomic E-state index is 0.154. The maximum Gasteiger partial charge on any atom is 0.227 e. The quantitative estimate of drug-likeness (QED) is 0.886. The Bertz CT molecular complexity index is 386. The van der Waals surface area contributed by atoms with Crippen LogP contribution >= 0.6 is 0 Å². The highest BCUT2D eigenvalue weighted by Gasteiger charge is 2.24. The van der Waals surface area contributed by atoms with Crippen molar-refractivity contribution in [3.05, 3.63) is 24.5 Å². The van der Waals surface area contributed by atoms with E-state index in [1.54, 1.807) is 12.4 Å². The minimum absolute atomic E-state index is 0.154. The van der Waals surface area contributed by atoms with Crippen LogP contribution in [0.15, 0.2) is 24.5 Å². The number of pyridine rings is 1. The van der Waals surface area contributed by atoms with Gasteiger partial charge >= 0.3 is 0 Å². The Hall–Kier alpha value is -1.42. The highest BCUT2D eigenvalue weighted by Crippen LogP contribution is 2.19. The second-order valence-electron chi connectivity index (χ2n) is 5.19. The number of amides is 1. The highest BCUT2D eigenvalue weighted by atomic mass is 16.1. The van der Waals surface area contributed by atoms with Crippen molar-refractivity contribution in [1.29, 1.82) is 0 Å². The molecule has 1 amide bonds. The van der Waals surface area contributed by atoms with Crippen LogP contribution in [0.2, 0.25) is 0 Å². The van der Waals surface area contributed by atoms with E-state index in [1.165, 1.54) is 19.4 Å². The van der Waals surface area contributed by atoms with Crippen LogP contribution in [0.25, 0.3) is 0 Å². The smallest absolute Gasteiger partial charge is 0.227 e. The van der Waals surface area contributed by atoms with Gasteiger partial charge in [0.25, 0.3) is 0 Å². The van der Waals surface area contributed by atoms with Crippen molar-refractivity contribution in [2.45, 2.75) is 32.6 Å². The Labute approximate surface area is 115 Å². The molecule has 2 heterocycles. The zero-order valence-corrected chi connectivity index (χ0v) is 11.6. The van der Waals surface area contributed by atoms with E-state index in [4.69, 9.17) is 0 Å². The Morgan fingerprint density at radius 3 is 2.68 bits per heavy atom. The number of rotatable bonds is 5. The van der Waals surface area contributed by atoms with E-state index in [9.17, 15) is 4.79 Å². The van der Waals surface area contributed by atoms with Gasteiger partial charge in [-0.2, -0.15) is 0 Å². The zero-order chi connectivity index (χ0) is 13.5. The minimum Gasteiger partial charge on any atom is -0.326 e. The number of hydrogen-bond acceptors (Lipinski definition) is 3. The number of carbonyl (C=O) groups excluding carboxylic acids is 1. The summed E-state index contributed by atoms with van der Waals surface area (Å²) in [6.45, 7) is 5.49. The third-order valence-corrected chi connectivity index (χ3v) is 3.73. The summed E-state index contributed by atoms with van der Waals surface area (Å²) in [6.07, 6.45) is 7.84. The lowest BCUT2D eigenvalue weighted by molar-refractivity contribution is -0.121. The lowest BCUT2D eigenvalue weighted by atomic mass is 9.95. The lowest BCUT2D eigenvalue weighted by Crippen LogP contribution is -2.38. The van der Waals surface area contributed by atoms with Gasteiger partial charge in [-0.05, 0) is 51.0 Å². The number of likely N-dealkylation sites (tertiary alicyclic amines) is 1. The van der Waals surface area contributed by atoms with E-state index < -0.39 is 0 Å². The van der Waals surface area contributed by atoms with Crippen LogP contribution in [-0.4, -0.2) is 35.4 Å². The zero-order valence-electron chi connectivity index (χ0n) is 11.6. The van der Waals surface area contributed by atoms with Crippen LogP contribution in [0, 0.1) is 5.92 Å². The van der Waals surface area contributed by atoms with Crippen molar-refractivity contribution in [2.75, 3.05) is 25.0 Å². The fourth-order valence-electron chi connectivity index (χ4n) is 2.48. The van der Waals surface area contributed by atoms with Crippen LogP contribution < -0.4 is 5.32 Å². The molecule has 0 atom stereocenters. The normalized spacial score (nSPS) is 17.3. The SMILES string of the molecule is CCCCN1CCC(C(=O)Nc2ccncc2)CC1. The van der Waals surface area contributed by atoms with Gasteiger partial charge in [0.2, 0.25) is 5.91 Å². The number of nitrogens with zero attached hydrogens (tertiary/aromatic N) is 2. The number of piperidine rings is 1. The van der Waals surface area contributed by atoms with Gasteiger partial charge in [0.15, 0.2) is 0 Å². The van der Waals surface area contributed by atoms with Gasteiger partial charge in [-0.3, -0.25) is 9.78 Å². The van der Waals surface area contributed by atoms with E-state index in [0.29, 0.717) is 0 Å². The standard InChI is InChI=1S/C15H23N3O/c1-2-3-10-18-11-6-13(7-12-18)15(19)17-14-4-8-16-9-5-14/h4-5,8-9,13H,2-3,6-7,10-12H2,1H3,(H,16,17,19). The Morgan fingerprint density at radius 1 is 1.37 bits per heavy atom. The first-order valence-electron chi connectivity index (χ1n) is 7.23. The molecule has 0 spiro atoms. The number of anilines is 1. The molecule has 1 aromatic rings. The molecule has 2 rings (SSSR count). The van der Waals surface area contributed by atoms with E-state index in [1.807, 2.05) is 12.1 Å². The fourth-order valence-corrected chi connectivity index (χ4v) is 2.48. The van der Waals surface area contributed by atoms with Gasteiger partial charge < -0.3 is 10.2 Å². The largest absolute Gasteiger partial charge is 0.326 e. The van der Waals surface area contributed by atoms with Crippen LogP contribution in [0.3, 0.4) is 0 Å². The van der Waals surface area contributed by atoms with Gasteiger partial charge in [-0.15, -0.1) is 0 Å². The third kappa shape index (κ3) is 4.31. The van der Waals surface area contributed by atoms with Crippen LogP contribution in [-0.2, 0) is 4.79 Å². The van der Waals surface area contributed by atoms with Crippen molar-refractivity contribution in [3.8, 4) is 0 Å². The molecule has 1 fully saturated rings.